The number of phenols is 1. The van der Waals surface area contributed by atoms with Gasteiger partial charge in [-0.3, -0.25) is 0 Å². The normalized spacial score (nSPS) is 12.9. The molecule has 4 N–H and O–H groups in total. The van der Waals surface area contributed by atoms with Crippen LogP contribution < -0.4 is 5.73 Å². The quantitative estimate of drug-likeness (QED) is 0.723. The average molecular weight is 220 g/mol. The molecule has 0 aromatic heterocycles. The van der Waals surface area contributed by atoms with Gasteiger partial charge in [-0.25, -0.2) is 4.39 Å². The first kappa shape index (κ1) is 11.2. The molecule has 0 radical (unpaired) electrons. The summed E-state index contributed by atoms with van der Waals surface area (Å²) >= 11 is 5.53. The summed E-state index contributed by atoms with van der Waals surface area (Å²) < 4.78 is 13.0. The number of hydrogen-bond donors (Lipinski definition) is 3. The highest BCUT2D eigenvalue weighted by atomic mass is 35.5. The number of halogens is 2. The van der Waals surface area contributed by atoms with Gasteiger partial charge >= 0.3 is 0 Å². The zero-order valence-electron chi connectivity index (χ0n) is 7.37. The van der Waals surface area contributed by atoms with Crippen molar-refractivity contribution in [2.45, 2.75) is 12.5 Å². The molecule has 3 nitrogen and oxygen atoms in total. The van der Waals surface area contributed by atoms with Gasteiger partial charge < -0.3 is 15.9 Å². The lowest BCUT2D eigenvalue weighted by atomic mass is 10.1. The van der Waals surface area contributed by atoms with Crippen LogP contribution in [0.3, 0.4) is 0 Å². The summed E-state index contributed by atoms with van der Waals surface area (Å²) in [7, 11) is 0. The summed E-state index contributed by atoms with van der Waals surface area (Å²) in [4.78, 5) is 0. The third kappa shape index (κ3) is 2.35. The smallest absolute Gasteiger partial charge is 0.170 e. The fourth-order valence-corrected chi connectivity index (χ4v) is 1.32. The molecular formula is C9H11ClFNO2. The molecule has 0 aliphatic heterocycles. The Kier molecular flexibility index (Phi) is 3.69. The Morgan fingerprint density at radius 2 is 2.14 bits per heavy atom. The van der Waals surface area contributed by atoms with Gasteiger partial charge in [0.25, 0.3) is 0 Å². The first-order valence-electron chi connectivity index (χ1n) is 4.12. The Morgan fingerprint density at radius 1 is 1.50 bits per heavy atom. The van der Waals surface area contributed by atoms with E-state index >= 15 is 0 Å². The van der Waals surface area contributed by atoms with Gasteiger partial charge in [-0.1, -0.05) is 11.6 Å². The van der Waals surface area contributed by atoms with Crippen molar-refractivity contribution in [2.75, 3.05) is 6.54 Å². The number of rotatable bonds is 3. The Balaban J connectivity index is 3.00. The SMILES string of the molecule is NCCC(O)c1cc(F)c(O)c(Cl)c1. The van der Waals surface area contributed by atoms with Gasteiger partial charge in [0.2, 0.25) is 0 Å². The van der Waals surface area contributed by atoms with E-state index in [9.17, 15) is 9.50 Å². The minimum absolute atomic E-state index is 0.115. The van der Waals surface area contributed by atoms with Gasteiger partial charge in [0, 0.05) is 0 Å². The molecule has 14 heavy (non-hydrogen) atoms. The highest BCUT2D eigenvalue weighted by Crippen LogP contribution is 2.30. The van der Waals surface area contributed by atoms with Crippen LogP contribution in [0.25, 0.3) is 0 Å². The Hall–Kier alpha value is -0.840. The Morgan fingerprint density at radius 3 is 2.64 bits per heavy atom. The number of phenolic OH excluding ortho intramolecular Hbond substituents is 1. The van der Waals surface area contributed by atoms with Gasteiger partial charge in [-0.15, -0.1) is 0 Å². The molecule has 1 unspecified atom stereocenters. The average Bonchev–Trinajstić information content (AvgIpc) is 2.13. The van der Waals surface area contributed by atoms with Gasteiger partial charge in [0.05, 0.1) is 11.1 Å². The molecule has 0 fully saturated rings. The third-order valence-electron chi connectivity index (χ3n) is 1.86. The van der Waals surface area contributed by atoms with Gasteiger partial charge in [0.1, 0.15) is 0 Å². The zero-order chi connectivity index (χ0) is 10.7. The van der Waals surface area contributed by atoms with Crippen molar-refractivity contribution < 1.29 is 14.6 Å². The van der Waals surface area contributed by atoms with E-state index in [-0.39, 0.29) is 5.02 Å². The highest BCUT2D eigenvalue weighted by Gasteiger charge is 2.13. The molecule has 5 heteroatoms. The molecule has 0 aliphatic rings. The lowest BCUT2D eigenvalue weighted by Crippen LogP contribution is -2.06. The predicted octanol–water partition coefficient (Wildman–Crippen LogP) is 1.57. The lowest BCUT2D eigenvalue weighted by Gasteiger charge is -2.10. The second kappa shape index (κ2) is 4.59. The predicted molar refractivity (Wildman–Crippen MR) is 51.7 cm³/mol. The number of aliphatic hydroxyl groups excluding tert-OH is 1. The maximum Gasteiger partial charge on any atom is 0.170 e. The maximum absolute atomic E-state index is 13.0. The molecule has 78 valence electrons. The van der Waals surface area contributed by atoms with E-state index in [1.165, 1.54) is 6.07 Å². The molecule has 1 atom stereocenters. The van der Waals surface area contributed by atoms with Crippen LogP contribution >= 0.6 is 11.6 Å². The van der Waals surface area contributed by atoms with Crippen LogP contribution in [0.15, 0.2) is 12.1 Å². The number of aromatic hydroxyl groups is 1. The topological polar surface area (TPSA) is 66.5 Å². The first-order chi connectivity index (χ1) is 6.56. The van der Waals surface area contributed by atoms with Gasteiger partial charge in [-0.05, 0) is 30.7 Å². The second-order valence-electron chi connectivity index (χ2n) is 2.93. The van der Waals surface area contributed by atoms with E-state index in [0.717, 1.165) is 6.07 Å². The summed E-state index contributed by atoms with van der Waals surface area (Å²) in [6, 6.07) is 2.36. The van der Waals surface area contributed by atoms with Gasteiger partial charge in [0.15, 0.2) is 11.6 Å². The number of hydrogen-bond acceptors (Lipinski definition) is 3. The highest BCUT2D eigenvalue weighted by molar-refractivity contribution is 6.32. The van der Waals surface area contributed by atoms with Crippen LogP contribution in [-0.4, -0.2) is 16.8 Å². The van der Waals surface area contributed by atoms with Crippen LogP contribution in [0, 0.1) is 5.82 Å². The zero-order valence-corrected chi connectivity index (χ0v) is 8.13. The first-order valence-corrected chi connectivity index (χ1v) is 4.50. The van der Waals surface area contributed by atoms with E-state index in [4.69, 9.17) is 22.4 Å². The molecule has 0 saturated heterocycles. The van der Waals surface area contributed by atoms with Crippen LogP contribution in [0.1, 0.15) is 18.1 Å². The molecule has 0 saturated carbocycles. The minimum atomic E-state index is -0.854. The minimum Gasteiger partial charge on any atom is -0.504 e. The molecule has 1 aromatic rings. The molecule has 1 rings (SSSR count). The van der Waals surface area contributed by atoms with Gasteiger partial charge in [-0.2, -0.15) is 0 Å². The summed E-state index contributed by atoms with van der Waals surface area (Å²) in [5.74, 6) is -1.45. The number of aliphatic hydroxyl groups is 1. The second-order valence-corrected chi connectivity index (χ2v) is 3.33. The molecular weight excluding hydrogens is 209 g/mol. The Bertz CT molecular complexity index is 310. The summed E-state index contributed by atoms with van der Waals surface area (Å²) in [6.45, 7) is 0.293. The van der Waals surface area contributed by atoms with Crippen LogP contribution in [0.2, 0.25) is 5.02 Å². The number of nitrogens with two attached hydrogens (primary N) is 1. The molecule has 0 heterocycles. The molecule has 0 amide bonds. The van der Waals surface area contributed by atoms with E-state index < -0.39 is 17.7 Å². The van der Waals surface area contributed by atoms with Crippen molar-refractivity contribution in [3.63, 3.8) is 0 Å². The molecule has 1 aromatic carbocycles. The van der Waals surface area contributed by atoms with E-state index in [2.05, 4.69) is 0 Å². The van der Waals surface area contributed by atoms with Crippen molar-refractivity contribution in [3.8, 4) is 5.75 Å². The van der Waals surface area contributed by atoms with E-state index in [1.54, 1.807) is 0 Å². The van der Waals surface area contributed by atoms with Crippen LogP contribution in [0.4, 0.5) is 4.39 Å². The monoisotopic (exact) mass is 219 g/mol. The fourth-order valence-electron chi connectivity index (χ4n) is 1.10. The van der Waals surface area contributed by atoms with E-state index in [0.29, 0.717) is 18.5 Å². The third-order valence-corrected chi connectivity index (χ3v) is 2.15. The lowest BCUT2D eigenvalue weighted by molar-refractivity contribution is 0.170. The summed E-state index contributed by atoms with van der Waals surface area (Å²) in [5.41, 5.74) is 5.55. The summed E-state index contributed by atoms with van der Waals surface area (Å²) in [5, 5.41) is 18.4. The van der Waals surface area contributed by atoms with Crippen molar-refractivity contribution in [2.24, 2.45) is 5.73 Å². The maximum atomic E-state index is 13.0. The molecule has 0 aliphatic carbocycles. The summed E-state index contributed by atoms with van der Waals surface area (Å²) in [6.07, 6.45) is -0.534. The van der Waals surface area contributed by atoms with Crippen LogP contribution in [0.5, 0.6) is 5.75 Å². The van der Waals surface area contributed by atoms with Crippen molar-refractivity contribution >= 4 is 11.6 Å². The number of benzene rings is 1. The van der Waals surface area contributed by atoms with E-state index in [1.807, 2.05) is 0 Å². The molecule has 0 spiro atoms. The standard InChI is InChI=1S/C9H11ClFNO2/c10-6-3-5(8(13)1-2-12)4-7(11)9(6)14/h3-4,8,13-14H,1-2,12H2. The van der Waals surface area contributed by atoms with Crippen molar-refractivity contribution in [1.82, 2.24) is 0 Å². The Labute approximate surface area is 85.9 Å². The van der Waals surface area contributed by atoms with Crippen molar-refractivity contribution in [3.05, 3.63) is 28.5 Å². The fraction of sp³-hybridized carbons (Fsp3) is 0.333. The molecule has 0 bridgehead atoms. The van der Waals surface area contributed by atoms with Crippen LogP contribution in [-0.2, 0) is 0 Å². The largest absolute Gasteiger partial charge is 0.504 e. The van der Waals surface area contributed by atoms with Crippen molar-refractivity contribution in [1.29, 1.82) is 0 Å².